The van der Waals surface area contributed by atoms with Crippen molar-refractivity contribution in [3.8, 4) is 5.75 Å². The second kappa shape index (κ2) is 7.75. The molecular formula is C20H29NO4. The maximum atomic E-state index is 13.0. The van der Waals surface area contributed by atoms with Gasteiger partial charge in [0.1, 0.15) is 5.75 Å². The van der Waals surface area contributed by atoms with Gasteiger partial charge in [0.25, 0.3) is 5.91 Å². The lowest BCUT2D eigenvalue weighted by molar-refractivity contribution is -0.0379. The number of aliphatic hydroxyl groups excluding tert-OH is 1. The van der Waals surface area contributed by atoms with Crippen molar-refractivity contribution < 1.29 is 19.4 Å². The van der Waals surface area contributed by atoms with E-state index in [1.54, 1.807) is 7.11 Å². The SMILES string of the molecule is COc1cc(C)ccc1C(=O)NC(C1CCOCC1)C1(CO)CCC1. The minimum absolute atomic E-state index is 0.0198. The normalized spacial score (nSPS) is 21.2. The highest BCUT2D eigenvalue weighted by Crippen LogP contribution is 2.47. The molecule has 1 atom stereocenters. The Morgan fingerprint density at radius 1 is 1.40 bits per heavy atom. The van der Waals surface area contributed by atoms with Crippen molar-refractivity contribution in [1.82, 2.24) is 5.32 Å². The Labute approximate surface area is 149 Å². The number of hydrogen-bond donors (Lipinski definition) is 2. The molecule has 0 radical (unpaired) electrons. The zero-order chi connectivity index (χ0) is 17.9. The number of aliphatic hydroxyl groups is 1. The second-order valence-corrected chi connectivity index (χ2v) is 7.48. The predicted molar refractivity (Wildman–Crippen MR) is 95.9 cm³/mol. The molecule has 1 saturated heterocycles. The van der Waals surface area contributed by atoms with Crippen molar-refractivity contribution in [2.75, 3.05) is 26.9 Å². The fourth-order valence-electron chi connectivity index (χ4n) is 4.22. The minimum Gasteiger partial charge on any atom is -0.496 e. The van der Waals surface area contributed by atoms with Crippen LogP contribution in [-0.4, -0.2) is 44.0 Å². The molecule has 0 spiro atoms. The molecule has 1 aromatic carbocycles. The molecule has 1 amide bonds. The molecule has 1 unspecified atom stereocenters. The van der Waals surface area contributed by atoms with Gasteiger partial charge in [-0.2, -0.15) is 0 Å². The van der Waals surface area contributed by atoms with Crippen molar-refractivity contribution in [3.63, 3.8) is 0 Å². The summed E-state index contributed by atoms with van der Waals surface area (Å²) in [5, 5.41) is 13.3. The molecule has 1 saturated carbocycles. The molecule has 1 aliphatic heterocycles. The van der Waals surface area contributed by atoms with Crippen LogP contribution in [0, 0.1) is 18.3 Å². The Bertz CT molecular complexity index is 600. The quantitative estimate of drug-likeness (QED) is 0.830. The van der Waals surface area contributed by atoms with Gasteiger partial charge in [-0.15, -0.1) is 0 Å². The number of methoxy groups -OCH3 is 1. The lowest BCUT2D eigenvalue weighted by Crippen LogP contribution is -2.57. The first-order valence-electron chi connectivity index (χ1n) is 9.24. The smallest absolute Gasteiger partial charge is 0.255 e. The molecule has 138 valence electrons. The molecule has 1 heterocycles. The summed E-state index contributed by atoms with van der Waals surface area (Å²) in [6.45, 7) is 3.56. The van der Waals surface area contributed by atoms with Crippen LogP contribution in [0.4, 0.5) is 0 Å². The summed E-state index contributed by atoms with van der Waals surface area (Å²) in [5.41, 5.74) is 1.42. The second-order valence-electron chi connectivity index (χ2n) is 7.48. The van der Waals surface area contributed by atoms with Gasteiger partial charge in [-0.3, -0.25) is 4.79 Å². The molecule has 1 aromatic rings. The molecule has 1 aliphatic carbocycles. The number of carbonyl (C=O) groups excluding carboxylic acids is 1. The summed E-state index contributed by atoms with van der Waals surface area (Å²) in [6, 6.07) is 5.60. The third-order valence-electron chi connectivity index (χ3n) is 5.95. The van der Waals surface area contributed by atoms with Crippen molar-refractivity contribution >= 4 is 5.91 Å². The summed E-state index contributed by atoms with van der Waals surface area (Å²) >= 11 is 0. The summed E-state index contributed by atoms with van der Waals surface area (Å²) in [7, 11) is 1.59. The van der Waals surface area contributed by atoms with Gasteiger partial charge in [-0.25, -0.2) is 0 Å². The van der Waals surface area contributed by atoms with Crippen molar-refractivity contribution in [1.29, 1.82) is 0 Å². The van der Waals surface area contributed by atoms with Gasteiger partial charge in [-0.05, 0) is 56.2 Å². The van der Waals surface area contributed by atoms with E-state index in [4.69, 9.17) is 9.47 Å². The van der Waals surface area contributed by atoms with Gasteiger partial charge in [0.15, 0.2) is 0 Å². The molecule has 2 fully saturated rings. The number of rotatable bonds is 6. The predicted octanol–water partition coefficient (Wildman–Crippen LogP) is 2.69. The van der Waals surface area contributed by atoms with E-state index in [0.29, 0.717) is 17.2 Å². The van der Waals surface area contributed by atoms with Crippen molar-refractivity contribution in [3.05, 3.63) is 29.3 Å². The number of amides is 1. The molecule has 5 heteroatoms. The van der Waals surface area contributed by atoms with Crippen LogP contribution in [0.5, 0.6) is 5.75 Å². The van der Waals surface area contributed by atoms with Crippen LogP contribution in [0.3, 0.4) is 0 Å². The first kappa shape index (κ1) is 18.2. The molecule has 25 heavy (non-hydrogen) atoms. The Balaban J connectivity index is 1.83. The highest BCUT2D eigenvalue weighted by Gasteiger charge is 2.47. The van der Waals surface area contributed by atoms with Crippen molar-refractivity contribution in [2.24, 2.45) is 11.3 Å². The Kier molecular flexibility index (Phi) is 5.64. The zero-order valence-corrected chi connectivity index (χ0v) is 15.2. The molecule has 2 aliphatic rings. The first-order valence-corrected chi connectivity index (χ1v) is 9.24. The van der Waals surface area contributed by atoms with Crippen LogP contribution >= 0.6 is 0 Å². The van der Waals surface area contributed by atoms with Gasteiger partial charge < -0.3 is 19.9 Å². The van der Waals surface area contributed by atoms with E-state index < -0.39 is 0 Å². The average Bonchev–Trinajstić information content (AvgIpc) is 2.60. The lowest BCUT2D eigenvalue weighted by atomic mass is 9.60. The highest BCUT2D eigenvalue weighted by atomic mass is 16.5. The number of ether oxygens (including phenoxy) is 2. The Hall–Kier alpha value is -1.59. The van der Waals surface area contributed by atoms with Crippen LogP contribution in [0.1, 0.15) is 48.0 Å². The van der Waals surface area contributed by atoms with Crippen LogP contribution in [0.15, 0.2) is 18.2 Å². The lowest BCUT2D eigenvalue weighted by Gasteiger charge is -2.50. The van der Waals surface area contributed by atoms with Gasteiger partial charge in [0, 0.05) is 24.7 Å². The number of aryl methyl sites for hydroxylation is 1. The summed E-state index contributed by atoms with van der Waals surface area (Å²) in [6.07, 6.45) is 4.91. The fraction of sp³-hybridized carbons (Fsp3) is 0.650. The van der Waals surface area contributed by atoms with Gasteiger partial charge in [-0.1, -0.05) is 12.5 Å². The third-order valence-corrected chi connectivity index (χ3v) is 5.95. The van der Waals surface area contributed by atoms with Crippen LogP contribution < -0.4 is 10.1 Å². The van der Waals surface area contributed by atoms with Gasteiger partial charge in [0.05, 0.1) is 19.3 Å². The Morgan fingerprint density at radius 2 is 2.12 bits per heavy atom. The summed E-state index contributed by atoms with van der Waals surface area (Å²) < 4.78 is 10.9. The van der Waals surface area contributed by atoms with Crippen molar-refractivity contribution in [2.45, 2.75) is 45.1 Å². The van der Waals surface area contributed by atoms with E-state index >= 15 is 0 Å². The summed E-state index contributed by atoms with van der Waals surface area (Å²) in [5.74, 6) is 0.824. The largest absolute Gasteiger partial charge is 0.496 e. The van der Waals surface area contributed by atoms with Crippen LogP contribution in [0.2, 0.25) is 0 Å². The molecular weight excluding hydrogens is 318 g/mol. The van der Waals surface area contributed by atoms with Crippen LogP contribution in [0.25, 0.3) is 0 Å². The fourth-order valence-corrected chi connectivity index (χ4v) is 4.22. The standard InChI is InChI=1S/C20H29NO4/c1-14-4-5-16(17(12-14)24-2)19(23)21-18(15-6-10-25-11-7-15)20(13-22)8-3-9-20/h4-5,12,15,18,22H,3,6-11,13H2,1-2H3,(H,21,23). The summed E-state index contributed by atoms with van der Waals surface area (Å²) in [4.78, 5) is 13.0. The van der Waals surface area contributed by atoms with E-state index in [2.05, 4.69) is 5.32 Å². The minimum atomic E-state index is -0.185. The average molecular weight is 347 g/mol. The van der Waals surface area contributed by atoms with E-state index in [0.717, 1.165) is 50.9 Å². The Morgan fingerprint density at radius 3 is 2.68 bits per heavy atom. The van der Waals surface area contributed by atoms with Gasteiger partial charge >= 0.3 is 0 Å². The van der Waals surface area contributed by atoms with E-state index in [-0.39, 0.29) is 24.0 Å². The number of benzene rings is 1. The maximum Gasteiger partial charge on any atom is 0.255 e. The number of nitrogens with one attached hydrogen (secondary N) is 1. The third kappa shape index (κ3) is 3.67. The molecule has 2 N–H and O–H groups in total. The zero-order valence-electron chi connectivity index (χ0n) is 15.2. The molecule has 3 rings (SSSR count). The molecule has 0 aromatic heterocycles. The molecule has 5 nitrogen and oxygen atoms in total. The topological polar surface area (TPSA) is 67.8 Å². The van der Waals surface area contributed by atoms with E-state index in [9.17, 15) is 9.90 Å². The maximum absolute atomic E-state index is 13.0. The first-order chi connectivity index (χ1) is 12.1. The van der Waals surface area contributed by atoms with Crippen LogP contribution in [-0.2, 0) is 4.74 Å². The monoisotopic (exact) mass is 347 g/mol. The highest BCUT2D eigenvalue weighted by molar-refractivity contribution is 5.97. The van der Waals surface area contributed by atoms with E-state index in [1.807, 2.05) is 25.1 Å². The number of hydrogen-bond acceptors (Lipinski definition) is 4. The number of carbonyl (C=O) groups is 1. The van der Waals surface area contributed by atoms with E-state index in [1.165, 1.54) is 0 Å². The molecule has 0 bridgehead atoms. The van der Waals surface area contributed by atoms with Gasteiger partial charge in [0.2, 0.25) is 0 Å².